The highest BCUT2D eigenvalue weighted by Crippen LogP contribution is 2.26. The van der Waals surface area contributed by atoms with Gasteiger partial charge in [0.15, 0.2) is 0 Å². The van der Waals surface area contributed by atoms with Crippen LogP contribution < -0.4 is 0 Å². The lowest BCUT2D eigenvalue weighted by Crippen LogP contribution is -2.52. The van der Waals surface area contributed by atoms with Crippen LogP contribution in [0.3, 0.4) is 0 Å². The average molecular weight is 344 g/mol. The molecule has 1 amide bonds. The zero-order valence-electron chi connectivity index (χ0n) is 10.6. The number of fused-ring (bicyclic) bond motifs is 1. The van der Waals surface area contributed by atoms with Gasteiger partial charge in [0.1, 0.15) is 0 Å². The van der Waals surface area contributed by atoms with Crippen LogP contribution in [-0.2, 0) is 0 Å². The van der Waals surface area contributed by atoms with Crippen molar-refractivity contribution in [3.8, 4) is 0 Å². The fourth-order valence-electron chi connectivity index (χ4n) is 3.01. The van der Waals surface area contributed by atoms with E-state index in [9.17, 15) is 4.79 Å². The topological polar surface area (TPSA) is 23.6 Å². The molecule has 1 aromatic carbocycles. The van der Waals surface area contributed by atoms with Crippen LogP contribution in [0.2, 0.25) is 5.02 Å². The van der Waals surface area contributed by atoms with Crippen LogP contribution in [0.4, 0.5) is 0 Å². The van der Waals surface area contributed by atoms with Crippen LogP contribution in [-0.4, -0.2) is 47.9 Å². The van der Waals surface area contributed by atoms with E-state index in [1.54, 1.807) is 18.2 Å². The fraction of sp³-hybridized carbons (Fsp3) is 0.500. The van der Waals surface area contributed by atoms with Crippen LogP contribution in [0.5, 0.6) is 0 Å². The van der Waals surface area contributed by atoms with E-state index in [1.807, 2.05) is 4.90 Å². The van der Waals surface area contributed by atoms with E-state index >= 15 is 0 Å². The lowest BCUT2D eigenvalue weighted by Gasteiger charge is -2.37. The van der Waals surface area contributed by atoms with Gasteiger partial charge < -0.3 is 4.90 Å². The molecule has 1 unspecified atom stereocenters. The van der Waals surface area contributed by atoms with Crippen molar-refractivity contribution >= 4 is 33.4 Å². The minimum atomic E-state index is 0.107. The van der Waals surface area contributed by atoms with Gasteiger partial charge in [-0.25, -0.2) is 0 Å². The normalized spacial score (nSPS) is 23.5. The molecule has 0 bridgehead atoms. The van der Waals surface area contributed by atoms with E-state index in [0.29, 0.717) is 16.6 Å². The summed E-state index contributed by atoms with van der Waals surface area (Å²) in [4.78, 5) is 17.0. The molecule has 3 nitrogen and oxygen atoms in total. The van der Waals surface area contributed by atoms with Gasteiger partial charge in [-0.3, -0.25) is 9.69 Å². The molecular weight excluding hydrogens is 328 g/mol. The van der Waals surface area contributed by atoms with E-state index in [1.165, 1.54) is 19.4 Å². The standard InChI is InChI=1S/C14H16BrClN2O/c15-13-8-10(16)3-4-12(13)14(19)18-7-6-17-5-1-2-11(17)9-18/h3-4,8,11H,1-2,5-7,9H2. The number of carbonyl (C=O) groups excluding carboxylic acids is 1. The SMILES string of the molecule is O=C(c1ccc(Cl)cc1Br)N1CCN2CCCC2C1. The van der Waals surface area contributed by atoms with Gasteiger partial charge in [0.25, 0.3) is 5.91 Å². The Kier molecular flexibility index (Phi) is 3.83. The molecule has 0 spiro atoms. The Morgan fingerprint density at radius 2 is 2.16 bits per heavy atom. The van der Waals surface area contributed by atoms with Crippen molar-refractivity contribution in [3.05, 3.63) is 33.3 Å². The summed E-state index contributed by atoms with van der Waals surface area (Å²) in [5, 5.41) is 0.643. The van der Waals surface area contributed by atoms with E-state index in [0.717, 1.165) is 24.1 Å². The lowest BCUT2D eigenvalue weighted by atomic mass is 10.1. The predicted molar refractivity (Wildman–Crippen MR) is 79.7 cm³/mol. The molecule has 0 aromatic heterocycles. The molecule has 19 heavy (non-hydrogen) atoms. The first kappa shape index (κ1) is 13.4. The summed E-state index contributed by atoms with van der Waals surface area (Å²) in [6.45, 7) is 3.87. The largest absolute Gasteiger partial charge is 0.336 e. The van der Waals surface area contributed by atoms with Crippen molar-refractivity contribution in [3.63, 3.8) is 0 Å². The Morgan fingerprint density at radius 1 is 1.32 bits per heavy atom. The summed E-state index contributed by atoms with van der Waals surface area (Å²) < 4.78 is 0.777. The summed E-state index contributed by atoms with van der Waals surface area (Å²) in [7, 11) is 0. The van der Waals surface area contributed by atoms with Gasteiger partial charge in [0, 0.05) is 35.2 Å². The molecule has 5 heteroatoms. The smallest absolute Gasteiger partial charge is 0.255 e. The quantitative estimate of drug-likeness (QED) is 0.782. The number of benzene rings is 1. The number of nitrogens with zero attached hydrogens (tertiary/aromatic N) is 2. The Bertz CT molecular complexity index is 508. The molecule has 3 rings (SSSR count). The number of rotatable bonds is 1. The molecule has 102 valence electrons. The van der Waals surface area contributed by atoms with Gasteiger partial charge in [-0.1, -0.05) is 11.6 Å². The van der Waals surface area contributed by atoms with E-state index in [4.69, 9.17) is 11.6 Å². The van der Waals surface area contributed by atoms with Crippen LogP contribution >= 0.6 is 27.5 Å². The minimum absolute atomic E-state index is 0.107. The number of hydrogen-bond donors (Lipinski definition) is 0. The Hall–Kier alpha value is -0.580. The monoisotopic (exact) mass is 342 g/mol. The molecule has 2 fully saturated rings. The third-order valence-corrected chi connectivity index (χ3v) is 4.93. The molecule has 2 heterocycles. The van der Waals surface area contributed by atoms with Crippen molar-refractivity contribution in [2.75, 3.05) is 26.2 Å². The highest BCUT2D eigenvalue weighted by atomic mass is 79.9. The summed E-state index contributed by atoms with van der Waals surface area (Å²) >= 11 is 9.35. The molecule has 2 aliphatic rings. The Balaban J connectivity index is 1.76. The predicted octanol–water partition coefficient (Wildman–Crippen LogP) is 3.02. The van der Waals surface area contributed by atoms with E-state index in [-0.39, 0.29) is 5.91 Å². The number of hydrogen-bond acceptors (Lipinski definition) is 2. The summed E-state index contributed by atoms with van der Waals surface area (Å²) in [6.07, 6.45) is 2.48. The first-order valence-corrected chi connectivity index (χ1v) is 7.80. The zero-order chi connectivity index (χ0) is 13.4. The van der Waals surface area contributed by atoms with E-state index < -0.39 is 0 Å². The molecule has 0 aliphatic carbocycles. The maximum absolute atomic E-state index is 12.6. The summed E-state index contributed by atoms with van der Waals surface area (Å²) in [6, 6.07) is 5.91. The molecule has 1 aromatic rings. The molecule has 2 saturated heterocycles. The van der Waals surface area contributed by atoms with Gasteiger partial charge in [-0.05, 0) is 53.5 Å². The van der Waals surface area contributed by atoms with Gasteiger partial charge in [0.2, 0.25) is 0 Å². The van der Waals surface area contributed by atoms with Crippen LogP contribution in [0.15, 0.2) is 22.7 Å². The number of amides is 1. The lowest BCUT2D eigenvalue weighted by molar-refractivity contribution is 0.0570. The van der Waals surface area contributed by atoms with Crippen molar-refractivity contribution < 1.29 is 4.79 Å². The summed E-state index contributed by atoms with van der Waals surface area (Å²) in [5.41, 5.74) is 0.704. The van der Waals surface area contributed by atoms with Crippen LogP contribution in [0, 0.1) is 0 Å². The molecule has 0 saturated carbocycles. The van der Waals surface area contributed by atoms with Gasteiger partial charge in [-0.15, -0.1) is 0 Å². The number of piperazine rings is 1. The van der Waals surface area contributed by atoms with Crippen molar-refractivity contribution in [1.82, 2.24) is 9.80 Å². The zero-order valence-corrected chi connectivity index (χ0v) is 13.0. The van der Waals surface area contributed by atoms with Crippen molar-refractivity contribution in [1.29, 1.82) is 0 Å². The maximum atomic E-state index is 12.6. The Labute approximate surface area is 126 Å². The van der Waals surface area contributed by atoms with Crippen molar-refractivity contribution in [2.45, 2.75) is 18.9 Å². The molecule has 1 atom stereocenters. The third kappa shape index (κ3) is 2.67. The van der Waals surface area contributed by atoms with Crippen LogP contribution in [0.25, 0.3) is 0 Å². The average Bonchev–Trinajstić information content (AvgIpc) is 2.85. The van der Waals surface area contributed by atoms with Crippen LogP contribution in [0.1, 0.15) is 23.2 Å². The van der Waals surface area contributed by atoms with Crippen molar-refractivity contribution in [2.24, 2.45) is 0 Å². The third-order valence-electron chi connectivity index (χ3n) is 4.04. The first-order chi connectivity index (χ1) is 9.15. The van der Waals surface area contributed by atoms with Gasteiger partial charge >= 0.3 is 0 Å². The second-order valence-corrected chi connectivity index (χ2v) is 6.50. The first-order valence-electron chi connectivity index (χ1n) is 6.63. The summed E-state index contributed by atoms with van der Waals surface area (Å²) in [5.74, 6) is 0.107. The fourth-order valence-corrected chi connectivity index (χ4v) is 3.86. The molecular formula is C14H16BrClN2O. The number of halogens is 2. The maximum Gasteiger partial charge on any atom is 0.255 e. The van der Waals surface area contributed by atoms with Gasteiger partial charge in [0.05, 0.1) is 5.56 Å². The highest BCUT2D eigenvalue weighted by molar-refractivity contribution is 9.10. The van der Waals surface area contributed by atoms with Gasteiger partial charge in [-0.2, -0.15) is 0 Å². The Morgan fingerprint density at radius 3 is 2.95 bits per heavy atom. The molecule has 0 radical (unpaired) electrons. The van der Waals surface area contributed by atoms with E-state index in [2.05, 4.69) is 20.8 Å². The second-order valence-electron chi connectivity index (χ2n) is 5.21. The molecule has 0 N–H and O–H groups in total. The minimum Gasteiger partial charge on any atom is -0.336 e. The molecule has 2 aliphatic heterocycles. The second kappa shape index (κ2) is 5.43. The highest BCUT2D eigenvalue weighted by Gasteiger charge is 2.33. The number of carbonyl (C=O) groups is 1.